The molecule has 0 saturated heterocycles. The molecule has 1 N–H and O–H groups in total. The molecule has 0 atom stereocenters. The van der Waals surface area contributed by atoms with E-state index in [-0.39, 0.29) is 0 Å². The van der Waals surface area contributed by atoms with Crippen molar-refractivity contribution in [3.05, 3.63) is 24.3 Å². The highest BCUT2D eigenvalue weighted by Gasteiger charge is 2.04. The lowest BCUT2D eigenvalue weighted by Gasteiger charge is -2.09. The molecular weight excluding hydrogens is 290 g/mol. The molecule has 4 nitrogen and oxygen atoms in total. The van der Waals surface area contributed by atoms with E-state index in [1.807, 2.05) is 0 Å². The van der Waals surface area contributed by atoms with Gasteiger partial charge in [-0.25, -0.2) is 4.79 Å². The number of amides is 1. The molecule has 1 rings (SSSR count). The first-order valence-corrected chi connectivity index (χ1v) is 8.84. The number of unbranched alkanes of at least 4 members (excludes halogenated alkanes) is 6. The van der Waals surface area contributed by atoms with Crippen LogP contribution in [0.2, 0.25) is 0 Å². The van der Waals surface area contributed by atoms with Crippen molar-refractivity contribution >= 4 is 11.8 Å². The standard InChI is InChI=1S/C19H30NO3/c1-3-5-7-8-9-10-15-22-18-13-11-12-17(16-18)20-19(21)23-14-6-4-2/h11-12,16H,3-10,14-15H2,1-2H3,(H,20,21). The number of rotatable bonds is 12. The van der Waals surface area contributed by atoms with Crippen molar-refractivity contribution in [2.24, 2.45) is 0 Å². The highest BCUT2D eigenvalue weighted by atomic mass is 16.5. The Balaban J connectivity index is 2.23. The van der Waals surface area contributed by atoms with Crippen molar-refractivity contribution in [3.8, 4) is 5.75 Å². The van der Waals surface area contributed by atoms with Crippen LogP contribution in [0.1, 0.15) is 65.2 Å². The summed E-state index contributed by atoms with van der Waals surface area (Å²) in [4.78, 5) is 11.6. The molecule has 1 aromatic rings. The Bertz CT molecular complexity index is 434. The molecule has 0 unspecified atom stereocenters. The number of benzene rings is 1. The quantitative estimate of drug-likeness (QED) is 0.512. The van der Waals surface area contributed by atoms with E-state index in [1.165, 1.54) is 32.1 Å². The molecule has 0 aliphatic carbocycles. The van der Waals surface area contributed by atoms with Crippen molar-refractivity contribution in [2.75, 3.05) is 18.5 Å². The van der Waals surface area contributed by atoms with E-state index in [9.17, 15) is 4.79 Å². The van der Waals surface area contributed by atoms with Gasteiger partial charge >= 0.3 is 6.09 Å². The van der Waals surface area contributed by atoms with Crippen molar-refractivity contribution in [1.29, 1.82) is 0 Å². The zero-order valence-electron chi connectivity index (χ0n) is 14.5. The third kappa shape index (κ3) is 9.82. The van der Waals surface area contributed by atoms with Crippen LogP contribution in [-0.4, -0.2) is 19.3 Å². The van der Waals surface area contributed by atoms with Crippen LogP contribution in [0.5, 0.6) is 5.75 Å². The molecule has 1 aromatic carbocycles. The van der Waals surface area contributed by atoms with Crippen LogP contribution >= 0.6 is 0 Å². The fourth-order valence-corrected chi connectivity index (χ4v) is 2.13. The van der Waals surface area contributed by atoms with E-state index < -0.39 is 6.09 Å². The highest BCUT2D eigenvalue weighted by molar-refractivity contribution is 5.84. The molecule has 0 saturated carbocycles. The monoisotopic (exact) mass is 320 g/mol. The van der Waals surface area contributed by atoms with Crippen LogP contribution in [-0.2, 0) is 4.74 Å². The van der Waals surface area contributed by atoms with Crippen molar-refractivity contribution < 1.29 is 14.3 Å². The van der Waals surface area contributed by atoms with Gasteiger partial charge in [-0.05, 0) is 25.0 Å². The topological polar surface area (TPSA) is 47.6 Å². The number of hydrogen-bond donors (Lipinski definition) is 1. The second kappa shape index (κ2) is 12.8. The summed E-state index contributed by atoms with van der Waals surface area (Å²) in [5, 5.41) is 2.70. The van der Waals surface area contributed by atoms with Crippen LogP contribution in [0.15, 0.2) is 18.2 Å². The Kier molecular flexibility index (Phi) is 10.8. The zero-order chi connectivity index (χ0) is 16.8. The second-order valence-corrected chi connectivity index (χ2v) is 5.67. The molecule has 0 aromatic heterocycles. The summed E-state index contributed by atoms with van der Waals surface area (Å²) in [6, 6.07) is 8.33. The van der Waals surface area contributed by atoms with Crippen molar-refractivity contribution in [1.82, 2.24) is 0 Å². The summed E-state index contributed by atoms with van der Waals surface area (Å²) in [5.74, 6) is 0.657. The number of carbonyl (C=O) groups is 1. The van der Waals surface area contributed by atoms with Gasteiger partial charge in [0.05, 0.1) is 13.2 Å². The lowest BCUT2D eigenvalue weighted by molar-refractivity contribution is 0.160. The predicted octanol–water partition coefficient (Wildman–Crippen LogP) is 5.57. The maximum atomic E-state index is 11.6. The lowest BCUT2D eigenvalue weighted by atomic mass is 10.1. The van der Waals surface area contributed by atoms with Crippen LogP contribution < -0.4 is 10.1 Å². The molecule has 1 amide bonds. The first-order chi connectivity index (χ1) is 11.3. The molecular formula is C19H30NO3. The molecule has 23 heavy (non-hydrogen) atoms. The van der Waals surface area contributed by atoms with E-state index in [4.69, 9.17) is 9.47 Å². The van der Waals surface area contributed by atoms with Gasteiger partial charge < -0.3 is 9.47 Å². The van der Waals surface area contributed by atoms with Gasteiger partial charge in [0.25, 0.3) is 0 Å². The summed E-state index contributed by atoms with van der Waals surface area (Å²) in [5.41, 5.74) is 0.670. The van der Waals surface area contributed by atoms with E-state index in [1.54, 1.807) is 18.2 Å². The van der Waals surface area contributed by atoms with Gasteiger partial charge in [-0.1, -0.05) is 52.4 Å². The Hall–Kier alpha value is -1.71. The molecule has 0 aliphatic heterocycles. The van der Waals surface area contributed by atoms with Gasteiger partial charge in [-0.2, -0.15) is 0 Å². The minimum absolute atomic E-state index is 0.425. The summed E-state index contributed by atoms with van der Waals surface area (Å²) in [7, 11) is 0. The first kappa shape index (κ1) is 19.3. The predicted molar refractivity (Wildman–Crippen MR) is 94.0 cm³/mol. The maximum Gasteiger partial charge on any atom is 0.411 e. The minimum Gasteiger partial charge on any atom is -0.493 e. The van der Waals surface area contributed by atoms with Crippen LogP contribution in [0.25, 0.3) is 0 Å². The SMILES string of the molecule is CCCCCCCCOc1[c]ccc(NC(=O)OCCCC)c1. The highest BCUT2D eigenvalue weighted by Crippen LogP contribution is 2.17. The molecule has 0 spiro atoms. The van der Waals surface area contributed by atoms with Crippen LogP contribution in [0.4, 0.5) is 10.5 Å². The fraction of sp³-hybridized carbons (Fsp3) is 0.632. The largest absolute Gasteiger partial charge is 0.493 e. The first-order valence-electron chi connectivity index (χ1n) is 8.84. The van der Waals surface area contributed by atoms with Crippen molar-refractivity contribution in [3.63, 3.8) is 0 Å². The van der Waals surface area contributed by atoms with Crippen molar-refractivity contribution in [2.45, 2.75) is 65.2 Å². The van der Waals surface area contributed by atoms with Gasteiger partial charge in [-0.3, -0.25) is 5.32 Å². The molecule has 0 aliphatic rings. The Labute approximate surface area is 140 Å². The average Bonchev–Trinajstić information content (AvgIpc) is 2.54. The second-order valence-electron chi connectivity index (χ2n) is 5.67. The third-order valence-corrected chi connectivity index (χ3v) is 3.51. The molecule has 0 bridgehead atoms. The molecule has 0 fully saturated rings. The number of nitrogens with one attached hydrogen (secondary N) is 1. The van der Waals surface area contributed by atoms with E-state index in [0.717, 1.165) is 19.3 Å². The number of carbonyl (C=O) groups excluding carboxylic acids is 1. The zero-order valence-corrected chi connectivity index (χ0v) is 14.5. The van der Waals surface area contributed by atoms with Crippen LogP contribution in [0, 0.1) is 6.07 Å². The number of ether oxygens (including phenoxy) is 2. The smallest absolute Gasteiger partial charge is 0.411 e. The average molecular weight is 320 g/mol. The molecule has 4 heteroatoms. The van der Waals surface area contributed by atoms with E-state index in [0.29, 0.717) is 24.7 Å². The van der Waals surface area contributed by atoms with E-state index in [2.05, 4.69) is 25.2 Å². The summed E-state index contributed by atoms with van der Waals surface area (Å²) in [6.07, 6.45) is 8.87. The Morgan fingerprint density at radius 2 is 1.78 bits per heavy atom. The Morgan fingerprint density at radius 3 is 2.57 bits per heavy atom. The summed E-state index contributed by atoms with van der Waals surface area (Å²) < 4.78 is 10.8. The summed E-state index contributed by atoms with van der Waals surface area (Å²) in [6.45, 7) is 5.41. The van der Waals surface area contributed by atoms with Crippen LogP contribution in [0.3, 0.4) is 0 Å². The van der Waals surface area contributed by atoms with Gasteiger partial charge in [0.2, 0.25) is 0 Å². The Morgan fingerprint density at radius 1 is 1.04 bits per heavy atom. The maximum absolute atomic E-state index is 11.6. The third-order valence-electron chi connectivity index (χ3n) is 3.51. The molecule has 129 valence electrons. The summed E-state index contributed by atoms with van der Waals surface area (Å²) >= 11 is 0. The fourth-order valence-electron chi connectivity index (χ4n) is 2.13. The molecule has 1 radical (unpaired) electrons. The number of hydrogen-bond acceptors (Lipinski definition) is 3. The van der Waals surface area contributed by atoms with Gasteiger partial charge in [-0.15, -0.1) is 0 Å². The van der Waals surface area contributed by atoms with E-state index >= 15 is 0 Å². The molecule has 0 heterocycles. The van der Waals surface area contributed by atoms with Gasteiger partial charge in [0.15, 0.2) is 0 Å². The lowest BCUT2D eigenvalue weighted by Crippen LogP contribution is -2.14. The number of anilines is 1. The minimum atomic E-state index is -0.425. The normalized spacial score (nSPS) is 10.3. The van der Waals surface area contributed by atoms with Gasteiger partial charge in [0, 0.05) is 17.8 Å². The van der Waals surface area contributed by atoms with Gasteiger partial charge in [0.1, 0.15) is 5.75 Å².